The molecule has 6 nitrogen and oxygen atoms in total. The first-order valence-corrected chi connectivity index (χ1v) is 13.3. The summed E-state index contributed by atoms with van der Waals surface area (Å²) in [5, 5.41) is 5.21. The number of piperidine rings is 1. The minimum absolute atomic E-state index is 0.167. The van der Waals surface area contributed by atoms with Crippen LogP contribution in [0.25, 0.3) is 17.3 Å². The lowest BCUT2D eigenvalue weighted by molar-refractivity contribution is 0.0717. The molecule has 2 aromatic carbocycles. The molecule has 2 aliphatic heterocycles. The Morgan fingerprint density at radius 3 is 2.32 bits per heavy atom. The maximum Gasteiger partial charge on any atom is 0.274 e. The molecule has 2 aliphatic rings. The SMILES string of the molecule is O=C(c1nn(-c2ccc(Cl)cc2)c2c1CS(=O)(=O)C/C2=C\c1ccc(F)cc1)N1CCCCC1. The predicted octanol–water partition coefficient (Wildman–Crippen LogP) is 4.76. The van der Waals surface area contributed by atoms with Crippen LogP contribution >= 0.6 is 11.6 Å². The van der Waals surface area contributed by atoms with Crippen LogP contribution in [-0.2, 0) is 15.6 Å². The molecule has 1 fully saturated rings. The summed E-state index contributed by atoms with van der Waals surface area (Å²) in [5.41, 5.74) is 3.00. The molecule has 0 N–H and O–H groups in total. The fourth-order valence-electron chi connectivity index (χ4n) is 4.55. The summed E-state index contributed by atoms with van der Waals surface area (Å²) in [7, 11) is -3.52. The zero-order valence-corrected chi connectivity index (χ0v) is 19.9. The van der Waals surface area contributed by atoms with Crippen LogP contribution in [0, 0.1) is 5.82 Å². The highest BCUT2D eigenvalue weighted by Gasteiger charge is 2.36. The second kappa shape index (κ2) is 9.00. The highest BCUT2D eigenvalue weighted by molar-refractivity contribution is 7.91. The molecule has 0 bridgehead atoms. The molecule has 176 valence electrons. The number of halogens is 2. The standard InChI is InChI=1S/C25H23ClFN3O3S/c26-19-6-10-21(11-7-19)30-24-18(14-17-4-8-20(27)9-5-17)15-34(32,33)16-22(24)23(28-30)25(31)29-12-2-1-3-13-29/h4-11,14H,1-3,12-13,15-16H2/b18-14+. The van der Waals surface area contributed by atoms with Gasteiger partial charge in [-0.15, -0.1) is 0 Å². The summed E-state index contributed by atoms with van der Waals surface area (Å²) in [6.07, 6.45) is 4.62. The van der Waals surface area contributed by atoms with E-state index in [1.165, 1.54) is 12.1 Å². The smallest absolute Gasteiger partial charge is 0.274 e. The van der Waals surface area contributed by atoms with Crippen LogP contribution in [0.5, 0.6) is 0 Å². The van der Waals surface area contributed by atoms with Crippen LogP contribution in [0.3, 0.4) is 0 Å². The zero-order valence-electron chi connectivity index (χ0n) is 18.4. The molecule has 3 aromatic rings. The zero-order chi connectivity index (χ0) is 23.9. The minimum Gasteiger partial charge on any atom is -0.337 e. The molecule has 9 heteroatoms. The van der Waals surface area contributed by atoms with Crippen LogP contribution in [0.2, 0.25) is 5.02 Å². The molecule has 0 aliphatic carbocycles. The van der Waals surface area contributed by atoms with Gasteiger partial charge in [-0.1, -0.05) is 23.7 Å². The van der Waals surface area contributed by atoms with E-state index in [1.54, 1.807) is 52.1 Å². The summed E-state index contributed by atoms with van der Waals surface area (Å²) in [4.78, 5) is 15.2. The van der Waals surface area contributed by atoms with E-state index >= 15 is 0 Å². The highest BCUT2D eigenvalue weighted by atomic mass is 35.5. The Kier molecular flexibility index (Phi) is 6.04. The van der Waals surface area contributed by atoms with Crippen molar-refractivity contribution in [2.24, 2.45) is 0 Å². The Balaban J connectivity index is 1.71. The maximum absolute atomic E-state index is 13.5. The highest BCUT2D eigenvalue weighted by Crippen LogP contribution is 2.35. The van der Waals surface area contributed by atoms with E-state index in [2.05, 4.69) is 5.10 Å². The van der Waals surface area contributed by atoms with Gasteiger partial charge in [0.1, 0.15) is 5.82 Å². The molecule has 0 unspecified atom stereocenters. The van der Waals surface area contributed by atoms with Crippen molar-refractivity contribution >= 4 is 39.0 Å². The second-order valence-corrected chi connectivity index (χ2v) is 11.2. The van der Waals surface area contributed by atoms with Gasteiger partial charge < -0.3 is 4.90 Å². The van der Waals surface area contributed by atoms with Gasteiger partial charge in [0.05, 0.1) is 22.9 Å². The predicted molar refractivity (Wildman–Crippen MR) is 130 cm³/mol. The number of rotatable bonds is 3. The van der Waals surface area contributed by atoms with Crippen molar-refractivity contribution in [2.75, 3.05) is 18.8 Å². The first kappa shape index (κ1) is 22.8. The Morgan fingerprint density at radius 1 is 0.971 bits per heavy atom. The van der Waals surface area contributed by atoms with E-state index in [0.717, 1.165) is 19.3 Å². The molecule has 5 rings (SSSR count). The number of hydrogen-bond acceptors (Lipinski definition) is 4. The average Bonchev–Trinajstić information content (AvgIpc) is 3.19. The van der Waals surface area contributed by atoms with E-state index in [0.29, 0.717) is 46.2 Å². The quantitative estimate of drug-likeness (QED) is 0.521. The lowest BCUT2D eigenvalue weighted by Gasteiger charge is -2.26. The number of aromatic nitrogens is 2. The Labute approximate surface area is 202 Å². The maximum atomic E-state index is 13.5. The summed E-state index contributed by atoms with van der Waals surface area (Å²) in [6, 6.07) is 12.8. The van der Waals surface area contributed by atoms with Gasteiger partial charge in [-0.05, 0) is 72.9 Å². The summed E-state index contributed by atoms with van der Waals surface area (Å²) >= 11 is 6.07. The van der Waals surface area contributed by atoms with Crippen molar-refractivity contribution in [3.63, 3.8) is 0 Å². The molecule has 34 heavy (non-hydrogen) atoms. The number of hydrogen-bond donors (Lipinski definition) is 0. The summed E-state index contributed by atoms with van der Waals surface area (Å²) in [5.74, 6) is -1.08. The van der Waals surface area contributed by atoms with E-state index in [1.807, 2.05) is 0 Å². The third-order valence-electron chi connectivity index (χ3n) is 6.16. The number of benzene rings is 2. The van der Waals surface area contributed by atoms with Gasteiger partial charge in [0, 0.05) is 23.7 Å². The number of nitrogens with zero attached hydrogens (tertiary/aromatic N) is 3. The number of fused-ring (bicyclic) bond motifs is 1. The normalized spacial score (nSPS) is 18.6. The topological polar surface area (TPSA) is 72.3 Å². The summed E-state index contributed by atoms with van der Waals surface area (Å²) in [6.45, 7) is 1.26. The Hall–Kier alpha value is -2.97. The van der Waals surface area contributed by atoms with E-state index in [4.69, 9.17) is 11.6 Å². The minimum atomic E-state index is -3.52. The molecular weight excluding hydrogens is 477 g/mol. The third-order valence-corrected chi connectivity index (χ3v) is 7.89. The van der Waals surface area contributed by atoms with E-state index in [9.17, 15) is 17.6 Å². The molecule has 1 amide bonds. The molecule has 0 spiro atoms. The van der Waals surface area contributed by atoms with Crippen LogP contribution in [0.4, 0.5) is 4.39 Å². The van der Waals surface area contributed by atoms with Crippen molar-refractivity contribution in [3.05, 3.63) is 81.9 Å². The molecule has 3 heterocycles. The average molecular weight is 500 g/mol. The number of likely N-dealkylation sites (tertiary alicyclic amines) is 1. The van der Waals surface area contributed by atoms with Crippen LogP contribution < -0.4 is 0 Å². The number of carbonyl (C=O) groups is 1. The van der Waals surface area contributed by atoms with Gasteiger partial charge in [0.15, 0.2) is 15.5 Å². The molecule has 1 saturated heterocycles. The Bertz CT molecular complexity index is 1370. The number of amides is 1. The van der Waals surface area contributed by atoms with Crippen molar-refractivity contribution in [1.29, 1.82) is 0 Å². The van der Waals surface area contributed by atoms with Crippen LogP contribution in [0.1, 0.15) is 46.6 Å². The molecule has 0 radical (unpaired) electrons. The first-order chi connectivity index (χ1) is 16.3. The summed E-state index contributed by atoms with van der Waals surface area (Å²) < 4.78 is 40.9. The fourth-order valence-corrected chi connectivity index (χ4v) is 6.19. The van der Waals surface area contributed by atoms with Crippen LogP contribution in [0.15, 0.2) is 48.5 Å². The number of carbonyl (C=O) groups excluding carboxylic acids is 1. The van der Waals surface area contributed by atoms with Gasteiger partial charge in [0.2, 0.25) is 0 Å². The lowest BCUT2D eigenvalue weighted by atomic mass is 10.0. The third kappa shape index (κ3) is 4.52. The van der Waals surface area contributed by atoms with Gasteiger partial charge in [0.25, 0.3) is 5.91 Å². The molecular formula is C25H23ClFN3O3S. The second-order valence-electron chi connectivity index (χ2n) is 8.67. The van der Waals surface area contributed by atoms with Gasteiger partial charge >= 0.3 is 0 Å². The first-order valence-electron chi connectivity index (χ1n) is 11.1. The van der Waals surface area contributed by atoms with Crippen molar-refractivity contribution in [1.82, 2.24) is 14.7 Å². The van der Waals surface area contributed by atoms with Crippen molar-refractivity contribution in [2.45, 2.75) is 25.0 Å². The lowest BCUT2D eigenvalue weighted by Crippen LogP contribution is -2.36. The number of sulfone groups is 1. The van der Waals surface area contributed by atoms with Crippen molar-refractivity contribution < 1.29 is 17.6 Å². The molecule has 0 saturated carbocycles. The van der Waals surface area contributed by atoms with E-state index in [-0.39, 0.29) is 28.9 Å². The van der Waals surface area contributed by atoms with Gasteiger partial charge in [-0.25, -0.2) is 17.5 Å². The Morgan fingerprint density at radius 2 is 1.65 bits per heavy atom. The largest absolute Gasteiger partial charge is 0.337 e. The van der Waals surface area contributed by atoms with Gasteiger partial charge in [-0.2, -0.15) is 5.10 Å². The fraction of sp³-hybridized carbons (Fsp3) is 0.280. The monoisotopic (exact) mass is 499 g/mol. The molecule has 1 aromatic heterocycles. The van der Waals surface area contributed by atoms with Crippen LogP contribution in [-0.4, -0.2) is 47.8 Å². The van der Waals surface area contributed by atoms with Crippen molar-refractivity contribution in [3.8, 4) is 5.69 Å². The van der Waals surface area contributed by atoms with Gasteiger partial charge in [-0.3, -0.25) is 4.79 Å². The van der Waals surface area contributed by atoms with E-state index < -0.39 is 9.84 Å². The molecule has 0 atom stereocenters.